The minimum Gasteiger partial charge on any atom is -0.503 e. The first kappa shape index (κ1) is 13.4. The highest BCUT2D eigenvalue weighted by Gasteiger charge is 2.09. The van der Waals surface area contributed by atoms with E-state index >= 15 is 0 Å². The Bertz CT molecular complexity index is 547. The van der Waals surface area contributed by atoms with Gasteiger partial charge in [-0.05, 0) is 36.2 Å². The molecule has 0 unspecified atom stereocenters. The van der Waals surface area contributed by atoms with Gasteiger partial charge >= 0.3 is 0 Å². The molecule has 0 fully saturated rings. The quantitative estimate of drug-likeness (QED) is 0.892. The van der Waals surface area contributed by atoms with Crippen LogP contribution in [0.1, 0.15) is 16.8 Å². The molecule has 100 valence electrons. The summed E-state index contributed by atoms with van der Waals surface area (Å²) in [6, 6.07) is 6.06. The lowest BCUT2D eigenvalue weighted by atomic mass is 10.2. The smallest absolute Gasteiger partial charge is 0.187 e. The second kappa shape index (κ2) is 5.75. The van der Waals surface area contributed by atoms with Gasteiger partial charge in [0.05, 0.1) is 0 Å². The summed E-state index contributed by atoms with van der Waals surface area (Å²) in [5.74, 6) is -2.84. The van der Waals surface area contributed by atoms with Crippen LogP contribution < -0.4 is 5.32 Å². The van der Waals surface area contributed by atoms with E-state index in [0.717, 1.165) is 23.4 Å². The highest BCUT2D eigenvalue weighted by molar-refractivity contribution is 5.30. The van der Waals surface area contributed by atoms with Gasteiger partial charge in [0.15, 0.2) is 17.4 Å². The van der Waals surface area contributed by atoms with Crippen LogP contribution in [0.3, 0.4) is 0 Å². The van der Waals surface area contributed by atoms with Crippen LogP contribution in [0.25, 0.3) is 0 Å². The van der Waals surface area contributed by atoms with Gasteiger partial charge in [-0.25, -0.2) is 8.78 Å². The number of nitrogens with zero attached hydrogens (tertiary/aromatic N) is 1. The average Bonchev–Trinajstić information content (AvgIpc) is 2.38. The lowest BCUT2D eigenvalue weighted by Crippen LogP contribution is -2.13. The number of aryl methyl sites for hydroxylation is 1. The molecule has 1 heterocycles. The first-order chi connectivity index (χ1) is 9.06. The molecule has 0 amide bonds. The van der Waals surface area contributed by atoms with Crippen molar-refractivity contribution in [1.82, 2.24) is 10.3 Å². The van der Waals surface area contributed by atoms with E-state index in [1.165, 1.54) is 0 Å². The molecule has 0 aliphatic carbocycles. The van der Waals surface area contributed by atoms with E-state index in [9.17, 15) is 8.78 Å². The van der Waals surface area contributed by atoms with E-state index in [1.54, 1.807) is 6.20 Å². The number of phenols is 1. The molecule has 0 aliphatic rings. The third-order valence-corrected chi connectivity index (χ3v) is 2.71. The molecule has 0 radical (unpaired) electrons. The van der Waals surface area contributed by atoms with Crippen molar-refractivity contribution in [2.24, 2.45) is 0 Å². The topological polar surface area (TPSA) is 45.1 Å². The van der Waals surface area contributed by atoms with Crippen LogP contribution in [0, 0.1) is 18.6 Å². The third-order valence-electron chi connectivity index (χ3n) is 2.71. The van der Waals surface area contributed by atoms with Crippen LogP contribution in [-0.4, -0.2) is 10.1 Å². The summed E-state index contributed by atoms with van der Waals surface area (Å²) < 4.78 is 26.2. The maximum absolute atomic E-state index is 13.1. The number of pyridine rings is 1. The Hall–Kier alpha value is -2.01. The Morgan fingerprint density at radius 3 is 2.32 bits per heavy atom. The summed E-state index contributed by atoms with van der Waals surface area (Å²) in [7, 11) is 0. The molecule has 2 N–H and O–H groups in total. The Morgan fingerprint density at radius 1 is 1.11 bits per heavy atom. The SMILES string of the molecule is Cc1ccc(CNCc2cc(F)c(O)c(F)c2)cn1. The fourth-order valence-electron chi connectivity index (χ4n) is 1.67. The largest absolute Gasteiger partial charge is 0.503 e. The van der Waals surface area contributed by atoms with Crippen molar-refractivity contribution < 1.29 is 13.9 Å². The van der Waals surface area contributed by atoms with Crippen LogP contribution in [0.2, 0.25) is 0 Å². The molecule has 0 bridgehead atoms. The van der Waals surface area contributed by atoms with Crippen LogP contribution in [-0.2, 0) is 13.1 Å². The van der Waals surface area contributed by atoms with Gasteiger partial charge in [-0.2, -0.15) is 0 Å². The minimum atomic E-state index is -0.950. The van der Waals surface area contributed by atoms with E-state index in [-0.39, 0.29) is 0 Å². The molecule has 5 heteroatoms. The lowest BCUT2D eigenvalue weighted by molar-refractivity contribution is 0.395. The Labute approximate surface area is 109 Å². The van der Waals surface area contributed by atoms with Crippen molar-refractivity contribution in [3.63, 3.8) is 0 Å². The van der Waals surface area contributed by atoms with E-state index in [4.69, 9.17) is 5.11 Å². The lowest BCUT2D eigenvalue weighted by Gasteiger charge is -2.06. The molecular formula is C14H14F2N2O. The van der Waals surface area contributed by atoms with Crippen molar-refractivity contribution in [3.8, 4) is 5.75 Å². The predicted octanol–water partition coefficient (Wildman–Crippen LogP) is 2.66. The summed E-state index contributed by atoms with van der Waals surface area (Å²) in [6.45, 7) is 2.76. The van der Waals surface area contributed by atoms with E-state index < -0.39 is 17.4 Å². The summed E-state index contributed by atoms with van der Waals surface area (Å²) in [6.07, 6.45) is 1.75. The molecule has 0 spiro atoms. The number of hydrogen-bond acceptors (Lipinski definition) is 3. The average molecular weight is 264 g/mol. The molecular weight excluding hydrogens is 250 g/mol. The van der Waals surface area contributed by atoms with Crippen molar-refractivity contribution >= 4 is 0 Å². The van der Waals surface area contributed by atoms with E-state index in [2.05, 4.69) is 10.3 Å². The summed E-state index contributed by atoms with van der Waals surface area (Å²) in [4.78, 5) is 4.15. The zero-order valence-corrected chi connectivity index (χ0v) is 10.5. The number of halogens is 2. The Kier molecular flexibility index (Phi) is 4.06. The first-order valence-electron chi connectivity index (χ1n) is 5.85. The first-order valence-corrected chi connectivity index (χ1v) is 5.85. The van der Waals surface area contributed by atoms with Gasteiger partial charge in [0.2, 0.25) is 0 Å². The number of phenolic OH excluding ortho intramolecular Hbond substituents is 1. The number of aromatic hydroxyl groups is 1. The van der Waals surface area contributed by atoms with Crippen molar-refractivity contribution in [1.29, 1.82) is 0 Å². The van der Waals surface area contributed by atoms with Crippen molar-refractivity contribution in [3.05, 3.63) is 58.9 Å². The predicted molar refractivity (Wildman–Crippen MR) is 67.5 cm³/mol. The van der Waals surface area contributed by atoms with Crippen LogP contribution in [0.4, 0.5) is 8.78 Å². The summed E-state index contributed by atoms with van der Waals surface area (Å²) in [5.41, 5.74) is 2.37. The maximum atomic E-state index is 13.1. The van der Waals surface area contributed by atoms with Gasteiger partial charge in [-0.1, -0.05) is 6.07 Å². The number of hydrogen-bond donors (Lipinski definition) is 2. The molecule has 2 aromatic rings. The summed E-state index contributed by atoms with van der Waals surface area (Å²) in [5, 5.41) is 12.0. The van der Waals surface area contributed by atoms with Crippen molar-refractivity contribution in [2.75, 3.05) is 0 Å². The highest BCUT2D eigenvalue weighted by Crippen LogP contribution is 2.21. The minimum absolute atomic E-state index is 0.308. The Morgan fingerprint density at radius 2 is 1.74 bits per heavy atom. The second-order valence-corrected chi connectivity index (χ2v) is 4.32. The van der Waals surface area contributed by atoms with Crippen LogP contribution in [0.15, 0.2) is 30.5 Å². The molecule has 1 aromatic heterocycles. The molecule has 2 rings (SSSR count). The van der Waals surface area contributed by atoms with Gasteiger partial charge in [-0.3, -0.25) is 4.98 Å². The number of benzene rings is 1. The molecule has 3 nitrogen and oxygen atoms in total. The van der Waals surface area contributed by atoms with Crippen LogP contribution in [0.5, 0.6) is 5.75 Å². The molecule has 0 aliphatic heterocycles. The molecule has 0 saturated carbocycles. The van der Waals surface area contributed by atoms with E-state index in [0.29, 0.717) is 18.7 Å². The number of rotatable bonds is 4. The Balaban J connectivity index is 1.94. The fraction of sp³-hybridized carbons (Fsp3) is 0.214. The molecule has 19 heavy (non-hydrogen) atoms. The van der Waals surface area contributed by atoms with Gasteiger partial charge in [0.25, 0.3) is 0 Å². The molecule has 1 aromatic carbocycles. The van der Waals surface area contributed by atoms with Crippen molar-refractivity contribution in [2.45, 2.75) is 20.0 Å². The van der Waals surface area contributed by atoms with E-state index in [1.807, 2.05) is 19.1 Å². The highest BCUT2D eigenvalue weighted by atomic mass is 19.1. The molecule has 0 saturated heterocycles. The van der Waals surface area contributed by atoms with Gasteiger partial charge in [0.1, 0.15) is 0 Å². The number of nitrogens with one attached hydrogen (secondary N) is 1. The third kappa shape index (κ3) is 3.48. The maximum Gasteiger partial charge on any atom is 0.187 e. The summed E-state index contributed by atoms with van der Waals surface area (Å²) >= 11 is 0. The molecule has 0 atom stereocenters. The zero-order chi connectivity index (χ0) is 13.8. The van der Waals surface area contributed by atoms with Gasteiger partial charge in [0, 0.05) is 25.0 Å². The second-order valence-electron chi connectivity index (χ2n) is 4.32. The standard InChI is InChI=1S/C14H14F2N2O/c1-9-2-3-10(8-18-9)6-17-7-11-4-12(15)14(19)13(16)5-11/h2-5,8,17,19H,6-7H2,1H3. The van der Waals surface area contributed by atoms with Crippen LogP contribution >= 0.6 is 0 Å². The fourth-order valence-corrected chi connectivity index (χ4v) is 1.67. The van der Waals surface area contributed by atoms with Gasteiger partial charge in [-0.15, -0.1) is 0 Å². The number of aromatic nitrogens is 1. The monoisotopic (exact) mass is 264 g/mol. The normalized spacial score (nSPS) is 10.7. The van der Waals surface area contributed by atoms with Gasteiger partial charge < -0.3 is 10.4 Å². The zero-order valence-electron chi connectivity index (χ0n) is 10.5.